The van der Waals surface area contributed by atoms with Gasteiger partial charge in [0, 0.05) is 94.2 Å². The van der Waals surface area contributed by atoms with Gasteiger partial charge in [0.2, 0.25) is 0 Å². The van der Waals surface area contributed by atoms with E-state index in [2.05, 4.69) is 0 Å². The van der Waals surface area contributed by atoms with Gasteiger partial charge in [0.1, 0.15) is 0 Å². The van der Waals surface area contributed by atoms with Gasteiger partial charge in [0.05, 0.1) is 0 Å². The molecule has 0 unspecified atom stereocenters. The summed E-state index contributed by atoms with van der Waals surface area (Å²) < 4.78 is 0. The third-order valence-electron chi connectivity index (χ3n) is 0. The van der Waals surface area contributed by atoms with Crippen LogP contribution < -0.4 is 0 Å². The van der Waals surface area contributed by atoms with Gasteiger partial charge in [-0.15, -0.1) is 0 Å². The van der Waals surface area contributed by atoms with Crippen LogP contribution >= 0.6 is 0 Å². The Hall–Kier alpha value is 3.06. The SMILES string of the molecule is [La].[Mo].[Ni].[W]. The average Bonchev–Trinajstić information content (AvgIpc) is 0. The van der Waals surface area contributed by atoms with Crippen LogP contribution in [0.3, 0.4) is 0 Å². The summed E-state index contributed by atoms with van der Waals surface area (Å²) in [6, 6.07) is 0. The normalized spacial score (nSPS) is 0. The molecule has 0 saturated heterocycles. The zero-order valence-corrected chi connectivity index (χ0v) is 11.3. The summed E-state index contributed by atoms with van der Waals surface area (Å²) in [6.45, 7) is 0. The Labute approximate surface area is 92.3 Å². The molecule has 0 amide bonds. The van der Waals surface area contributed by atoms with E-state index in [1.165, 1.54) is 0 Å². The first kappa shape index (κ1) is 27.7. The molecule has 0 aromatic carbocycles. The van der Waals surface area contributed by atoms with Crippen LogP contribution in [0.25, 0.3) is 0 Å². The van der Waals surface area contributed by atoms with Crippen molar-refractivity contribution in [2.45, 2.75) is 0 Å². The molecule has 0 aliphatic heterocycles. The second-order valence-electron chi connectivity index (χ2n) is 0. The van der Waals surface area contributed by atoms with Crippen LogP contribution in [0.1, 0.15) is 0 Å². The van der Waals surface area contributed by atoms with Gasteiger partial charge in [-0.05, 0) is 0 Å². The summed E-state index contributed by atoms with van der Waals surface area (Å²) >= 11 is 0. The molecule has 25 valence electrons. The van der Waals surface area contributed by atoms with Crippen molar-refractivity contribution in [1.82, 2.24) is 0 Å². The molecule has 0 atom stereocenters. The third kappa shape index (κ3) is 8.91. The molecule has 0 spiro atoms. The van der Waals surface area contributed by atoms with Gasteiger partial charge in [-0.3, -0.25) is 0 Å². The zero-order valence-electron chi connectivity index (χ0n) is 1.71. The molecule has 0 aliphatic rings. The van der Waals surface area contributed by atoms with Crippen molar-refractivity contribution in [3.63, 3.8) is 0 Å². The molecule has 0 saturated carbocycles. The van der Waals surface area contributed by atoms with E-state index in [-0.39, 0.29) is 94.2 Å². The van der Waals surface area contributed by atoms with Crippen LogP contribution in [0.5, 0.6) is 0 Å². The minimum absolute atomic E-state index is 0. The van der Waals surface area contributed by atoms with Gasteiger partial charge in [-0.2, -0.15) is 0 Å². The first-order valence-electron chi connectivity index (χ1n) is 0. The Bertz CT molecular complexity index is 8.00. The topological polar surface area (TPSA) is 0 Å². The first-order chi connectivity index (χ1) is 0. The van der Waals surface area contributed by atoms with Gasteiger partial charge in [0.25, 0.3) is 0 Å². The van der Waals surface area contributed by atoms with Gasteiger partial charge < -0.3 is 0 Å². The molecule has 0 aliphatic carbocycles. The average molecular weight is 477 g/mol. The van der Waals surface area contributed by atoms with E-state index in [4.69, 9.17) is 0 Å². The molecule has 4 heteroatoms. The van der Waals surface area contributed by atoms with Crippen molar-refractivity contribution in [3.05, 3.63) is 0 Å². The van der Waals surface area contributed by atoms with E-state index in [0.29, 0.717) is 0 Å². The zero-order chi connectivity index (χ0) is 0. The van der Waals surface area contributed by atoms with Crippen molar-refractivity contribution >= 4 is 0 Å². The Morgan fingerprint density at radius 2 is 1.00 bits per heavy atom. The summed E-state index contributed by atoms with van der Waals surface area (Å²) in [5.41, 5.74) is 0. The van der Waals surface area contributed by atoms with Crippen molar-refractivity contribution in [3.8, 4) is 0 Å². The number of rotatable bonds is 0. The molecule has 0 aromatic rings. The van der Waals surface area contributed by atoms with Crippen molar-refractivity contribution in [1.29, 1.82) is 0 Å². The molecule has 0 nitrogen and oxygen atoms in total. The van der Waals surface area contributed by atoms with E-state index in [1.54, 1.807) is 0 Å². The summed E-state index contributed by atoms with van der Waals surface area (Å²) in [6.07, 6.45) is 0. The van der Waals surface area contributed by atoms with Crippen molar-refractivity contribution < 1.29 is 94.2 Å². The van der Waals surface area contributed by atoms with E-state index in [9.17, 15) is 0 Å². The Morgan fingerprint density at radius 3 is 1.00 bits per heavy atom. The van der Waals surface area contributed by atoms with Crippen LogP contribution in [0.2, 0.25) is 0 Å². The molecule has 4 heavy (non-hydrogen) atoms. The van der Waals surface area contributed by atoms with Crippen LogP contribution in [0, 0.1) is 35.6 Å². The van der Waals surface area contributed by atoms with Crippen molar-refractivity contribution in [2.75, 3.05) is 0 Å². The van der Waals surface area contributed by atoms with Gasteiger partial charge in [0.15, 0.2) is 0 Å². The quantitative estimate of drug-likeness (QED) is 0.431. The maximum atomic E-state index is 0. The summed E-state index contributed by atoms with van der Waals surface area (Å²) in [5, 5.41) is 0. The fourth-order valence-corrected chi connectivity index (χ4v) is 0. The van der Waals surface area contributed by atoms with Gasteiger partial charge in [-0.25, -0.2) is 0 Å². The molecule has 0 bridgehead atoms. The molecule has 0 heterocycles. The monoisotopic (exact) mass is 479 g/mol. The standard InChI is InChI=1S/La.Mo.Ni.W. The van der Waals surface area contributed by atoms with E-state index < -0.39 is 0 Å². The summed E-state index contributed by atoms with van der Waals surface area (Å²) in [5.74, 6) is 0. The summed E-state index contributed by atoms with van der Waals surface area (Å²) in [4.78, 5) is 0. The largest absolute Gasteiger partial charge is 0 e. The molecule has 0 rings (SSSR count). The predicted molar refractivity (Wildman–Crippen MR) is 0 cm³/mol. The third-order valence-corrected chi connectivity index (χ3v) is 0. The maximum absolute atomic E-state index is 0. The molecular weight excluding hydrogens is 477 g/mol. The van der Waals surface area contributed by atoms with Crippen LogP contribution in [0.4, 0.5) is 0 Å². The predicted octanol–water partition coefficient (Wildman–Crippen LogP) is -0.00750. The number of hydrogen-bond acceptors (Lipinski definition) is 0. The maximum Gasteiger partial charge on any atom is 0 e. The first-order valence-corrected chi connectivity index (χ1v) is 0. The molecule has 0 fully saturated rings. The molecule has 0 N–H and O–H groups in total. The molecule has 0 aromatic heterocycles. The van der Waals surface area contributed by atoms with E-state index in [1.807, 2.05) is 0 Å². The van der Waals surface area contributed by atoms with E-state index >= 15 is 0 Å². The smallest absolute Gasteiger partial charge is 0 e. The second kappa shape index (κ2) is 16.6. The van der Waals surface area contributed by atoms with Gasteiger partial charge >= 0.3 is 0 Å². The fraction of sp³-hybridized carbons (Fsp3) is 0. The molecular formula is LaMoNiW. The van der Waals surface area contributed by atoms with E-state index in [0.717, 1.165) is 0 Å². The summed E-state index contributed by atoms with van der Waals surface area (Å²) in [7, 11) is 0. The Morgan fingerprint density at radius 1 is 1.00 bits per heavy atom. The minimum Gasteiger partial charge on any atom is 0 e. The Kier molecular flexibility index (Phi) is 115. The van der Waals surface area contributed by atoms with Crippen LogP contribution in [-0.4, -0.2) is 0 Å². The number of hydrogen-bond donors (Lipinski definition) is 0. The van der Waals surface area contributed by atoms with Crippen molar-refractivity contribution in [2.24, 2.45) is 0 Å². The second-order valence-corrected chi connectivity index (χ2v) is 0. The van der Waals surface area contributed by atoms with Crippen LogP contribution in [0.15, 0.2) is 0 Å². The van der Waals surface area contributed by atoms with Gasteiger partial charge in [-0.1, -0.05) is 0 Å². The fourth-order valence-electron chi connectivity index (χ4n) is 0. The van der Waals surface area contributed by atoms with Crippen LogP contribution in [-0.2, 0) is 58.6 Å². The minimum atomic E-state index is 0. The molecule has 1 radical (unpaired) electrons. The Balaban J connectivity index is 0.